The van der Waals surface area contributed by atoms with E-state index in [2.05, 4.69) is 36.3 Å². The Morgan fingerprint density at radius 1 is 1.21 bits per heavy atom. The first-order chi connectivity index (χ1) is 6.72. The van der Waals surface area contributed by atoms with Gasteiger partial charge in [-0.3, -0.25) is 0 Å². The zero-order valence-corrected chi connectivity index (χ0v) is 10.0. The summed E-state index contributed by atoms with van der Waals surface area (Å²) < 4.78 is 0. The number of aromatic nitrogens is 2. The van der Waals surface area contributed by atoms with Crippen molar-refractivity contribution in [3.63, 3.8) is 0 Å². The van der Waals surface area contributed by atoms with Crippen molar-refractivity contribution < 1.29 is 0 Å². The maximum Gasteiger partial charge on any atom is 0.118 e. The van der Waals surface area contributed by atoms with Crippen molar-refractivity contribution in [2.24, 2.45) is 0 Å². The molecule has 0 aliphatic rings. The fraction of sp³-hybridized carbons (Fsp3) is 0.800. The van der Waals surface area contributed by atoms with Crippen LogP contribution in [0.15, 0.2) is 0 Å². The number of rotatable bonds is 6. The van der Waals surface area contributed by atoms with Crippen molar-refractivity contribution in [1.82, 2.24) is 15.5 Å². The van der Waals surface area contributed by atoms with Crippen molar-refractivity contribution in [3.8, 4) is 0 Å². The van der Waals surface area contributed by atoms with E-state index >= 15 is 0 Å². The summed E-state index contributed by atoms with van der Waals surface area (Å²) in [4.78, 5) is 0. The average molecular weight is 213 g/mol. The lowest BCUT2D eigenvalue weighted by molar-refractivity contribution is 0.588. The molecule has 14 heavy (non-hydrogen) atoms. The highest BCUT2D eigenvalue weighted by Gasteiger charge is 2.02. The van der Waals surface area contributed by atoms with Crippen LogP contribution >= 0.6 is 11.3 Å². The fourth-order valence-electron chi connectivity index (χ4n) is 1.17. The van der Waals surface area contributed by atoms with Crippen LogP contribution < -0.4 is 5.32 Å². The van der Waals surface area contributed by atoms with Crippen LogP contribution in [0.25, 0.3) is 0 Å². The van der Waals surface area contributed by atoms with Crippen molar-refractivity contribution in [3.05, 3.63) is 10.0 Å². The van der Waals surface area contributed by atoms with Gasteiger partial charge in [-0.25, -0.2) is 0 Å². The fourth-order valence-corrected chi connectivity index (χ4v) is 2.12. The molecular formula is C10H19N3S. The Labute approximate surface area is 89.9 Å². The molecule has 80 valence electrons. The summed E-state index contributed by atoms with van der Waals surface area (Å²) in [6, 6.07) is 0.554. The van der Waals surface area contributed by atoms with E-state index in [1.54, 1.807) is 11.3 Å². The van der Waals surface area contributed by atoms with E-state index in [4.69, 9.17) is 0 Å². The monoisotopic (exact) mass is 213 g/mol. The molecule has 0 unspecified atom stereocenters. The third-order valence-corrected chi connectivity index (χ3v) is 2.91. The van der Waals surface area contributed by atoms with E-state index in [-0.39, 0.29) is 0 Å². The third kappa shape index (κ3) is 4.15. The van der Waals surface area contributed by atoms with Gasteiger partial charge in [0.2, 0.25) is 0 Å². The predicted octanol–water partition coefficient (Wildman–Crippen LogP) is 2.03. The van der Waals surface area contributed by atoms with Gasteiger partial charge < -0.3 is 5.32 Å². The van der Waals surface area contributed by atoms with E-state index in [0.717, 1.165) is 30.8 Å². The Kier molecular flexibility index (Phi) is 5.04. The van der Waals surface area contributed by atoms with Gasteiger partial charge in [-0.2, -0.15) is 0 Å². The van der Waals surface area contributed by atoms with E-state index in [9.17, 15) is 0 Å². The molecule has 0 saturated heterocycles. The number of aryl methyl sites for hydroxylation is 1. The molecule has 1 heterocycles. The van der Waals surface area contributed by atoms with Gasteiger partial charge in [0.1, 0.15) is 10.0 Å². The first-order valence-corrected chi connectivity index (χ1v) is 6.08. The summed E-state index contributed by atoms with van der Waals surface area (Å²) in [5.74, 6) is 0. The molecule has 0 bridgehead atoms. The number of nitrogens with one attached hydrogen (secondary N) is 1. The lowest BCUT2D eigenvalue weighted by atomic mass is 10.3. The van der Waals surface area contributed by atoms with Crippen LogP contribution in [-0.2, 0) is 12.8 Å². The maximum atomic E-state index is 4.16. The lowest BCUT2D eigenvalue weighted by Crippen LogP contribution is -2.24. The van der Waals surface area contributed by atoms with Gasteiger partial charge in [0.05, 0.1) is 0 Å². The highest BCUT2D eigenvalue weighted by atomic mass is 32.1. The largest absolute Gasteiger partial charge is 0.314 e. The molecular weight excluding hydrogens is 194 g/mol. The molecule has 1 aromatic rings. The predicted molar refractivity (Wildman–Crippen MR) is 60.7 cm³/mol. The van der Waals surface area contributed by atoms with Crippen LogP contribution in [0, 0.1) is 0 Å². The minimum atomic E-state index is 0.554. The van der Waals surface area contributed by atoms with Gasteiger partial charge in [0.15, 0.2) is 0 Å². The summed E-state index contributed by atoms with van der Waals surface area (Å²) in [7, 11) is 0. The van der Waals surface area contributed by atoms with Gasteiger partial charge in [-0.05, 0) is 6.42 Å². The molecule has 0 aliphatic heterocycles. The van der Waals surface area contributed by atoms with Crippen LogP contribution in [0.3, 0.4) is 0 Å². The van der Waals surface area contributed by atoms with Crippen molar-refractivity contribution in [1.29, 1.82) is 0 Å². The molecule has 0 fully saturated rings. The van der Waals surface area contributed by atoms with E-state index in [0.29, 0.717) is 6.04 Å². The Hall–Kier alpha value is -0.480. The minimum absolute atomic E-state index is 0.554. The van der Waals surface area contributed by atoms with Crippen molar-refractivity contribution in [2.45, 2.75) is 46.1 Å². The summed E-state index contributed by atoms with van der Waals surface area (Å²) in [6.07, 6.45) is 3.22. The zero-order chi connectivity index (χ0) is 10.4. The van der Waals surface area contributed by atoms with E-state index < -0.39 is 0 Å². The van der Waals surface area contributed by atoms with Gasteiger partial charge in [-0.1, -0.05) is 20.8 Å². The van der Waals surface area contributed by atoms with Crippen LogP contribution in [0.4, 0.5) is 0 Å². The Morgan fingerprint density at radius 2 is 1.86 bits per heavy atom. The Balaban J connectivity index is 2.28. The smallest absolute Gasteiger partial charge is 0.118 e. The molecule has 1 N–H and O–H groups in total. The molecule has 4 heteroatoms. The van der Waals surface area contributed by atoms with Gasteiger partial charge in [0, 0.05) is 25.4 Å². The van der Waals surface area contributed by atoms with Crippen LogP contribution in [0.1, 0.15) is 37.2 Å². The maximum absolute atomic E-state index is 4.16. The molecule has 0 atom stereocenters. The molecule has 3 nitrogen and oxygen atoms in total. The van der Waals surface area contributed by atoms with Crippen molar-refractivity contribution >= 4 is 11.3 Å². The lowest BCUT2D eigenvalue weighted by Gasteiger charge is -2.04. The molecule has 0 amide bonds. The highest BCUT2D eigenvalue weighted by Crippen LogP contribution is 2.11. The molecule has 0 radical (unpaired) electrons. The summed E-state index contributed by atoms with van der Waals surface area (Å²) in [5, 5.41) is 14.0. The molecule has 0 saturated carbocycles. The average Bonchev–Trinajstić information content (AvgIpc) is 2.53. The second-order valence-electron chi connectivity index (χ2n) is 3.70. The second kappa shape index (κ2) is 6.09. The topological polar surface area (TPSA) is 37.8 Å². The summed E-state index contributed by atoms with van der Waals surface area (Å²) >= 11 is 1.75. The van der Waals surface area contributed by atoms with Gasteiger partial charge in [0.25, 0.3) is 0 Å². The van der Waals surface area contributed by atoms with Crippen molar-refractivity contribution in [2.75, 3.05) is 6.54 Å². The Morgan fingerprint density at radius 3 is 2.43 bits per heavy atom. The third-order valence-electron chi connectivity index (χ3n) is 1.86. The summed E-state index contributed by atoms with van der Waals surface area (Å²) in [6.45, 7) is 7.48. The quantitative estimate of drug-likeness (QED) is 0.785. The van der Waals surface area contributed by atoms with Crippen LogP contribution in [0.2, 0.25) is 0 Å². The molecule has 0 aliphatic carbocycles. The molecule has 1 rings (SSSR count). The Bertz CT molecular complexity index is 258. The zero-order valence-electron chi connectivity index (χ0n) is 9.21. The highest BCUT2D eigenvalue weighted by molar-refractivity contribution is 7.11. The molecule has 0 aromatic carbocycles. The molecule has 0 spiro atoms. The number of hydrogen-bond donors (Lipinski definition) is 1. The number of hydrogen-bond acceptors (Lipinski definition) is 4. The molecule has 1 aromatic heterocycles. The first kappa shape index (κ1) is 11.6. The van der Waals surface area contributed by atoms with Crippen LogP contribution in [0.5, 0.6) is 0 Å². The van der Waals surface area contributed by atoms with Crippen LogP contribution in [-0.4, -0.2) is 22.8 Å². The van der Waals surface area contributed by atoms with Gasteiger partial charge in [-0.15, -0.1) is 21.5 Å². The normalized spacial score (nSPS) is 11.1. The summed E-state index contributed by atoms with van der Waals surface area (Å²) in [5.41, 5.74) is 0. The number of nitrogens with zero attached hydrogens (tertiary/aromatic N) is 2. The standard InChI is InChI=1S/C10H19N3S/c1-4-5-9-12-13-10(14-9)6-7-11-8(2)3/h8,11H,4-7H2,1-3H3. The minimum Gasteiger partial charge on any atom is -0.314 e. The van der Waals surface area contributed by atoms with Gasteiger partial charge >= 0.3 is 0 Å². The second-order valence-corrected chi connectivity index (χ2v) is 4.84. The van der Waals surface area contributed by atoms with E-state index in [1.807, 2.05) is 0 Å². The first-order valence-electron chi connectivity index (χ1n) is 5.27. The van der Waals surface area contributed by atoms with E-state index in [1.165, 1.54) is 5.01 Å². The SMILES string of the molecule is CCCc1nnc(CCNC(C)C)s1.